The van der Waals surface area contributed by atoms with Crippen LogP contribution in [0.3, 0.4) is 0 Å². The maximum absolute atomic E-state index is 12.8. The number of hydrogen-bond donors (Lipinski definition) is 2. The number of ether oxygens (including phenoxy) is 2. The first kappa shape index (κ1) is 17.8. The van der Waals surface area contributed by atoms with Crippen molar-refractivity contribution < 1.29 is 14.3 Å². The topological polar surface area (TPSA) is 62.8 Å². The molecule has 1 amide bonds. The molecule has 26 heavy (non-hydrogen) atoms. The van der Waals surface area contributed by atoms with E-state index in [4.69, 9.17) is 9.47 Å². The molecule has 1 spiro atoms. The molecule has 3 aliphatic heterocycles. The summed E-state index contributed by atoms with van der Waals surface area (Å²) in [6, 6.07) is 7.84. The molecule has 4 rings (SSSR count). The van der Waals surface area contributed by atoms with Gasteiger partial charge in [-0.15, -0.1) is 0 Å². The summed E-state index contributed by atoms with van der Waals surface area (Å²) < 4.78 is 11.4. The molecule has 1 aromatic rings. The highest BCUT2D eigenvalue weighted by Gasteiger charge is 2.40. The van der Waals surface area contributed by atoms with Crippen molar-refractivity contribution in [3.63, 3.8) is 0 Å². The second-order valence-corrected chi connectivity index (χ2v) is 7.71. The van der Waals surface area contributed by atoms with Crippen LogP contribution in [-0.4, -0.2) is 64.6 Å². The number of benzene rings is 1. The molecule has 3 aliphatic rings. The van der Waals surface area contributed by atoms with Crippen molar-refractivity contribution in [2.24, 2.45) is 5.41 Å². The lowest BCUT2D eigenvalue weighted by Crippen LogP contribution is -2.39. The first-order chi connectivity index (χ1) is 12.8. The third-order valence-electron chi connectivity index (χ3n) is 5.94. The van der Waals surface area contributed by atoms with Crippen molar-refractivity contribution in [1.82, 2.24) is 10.6 Å². The maximum atomic E-state index is 12.8. The van der Waals surface area contributed by atoms with E-state index in [-0.39, 0.29) is 12.0 Å². The Kier molecular flexibility index (Phi) is 5.43. The van der Waals surface area contributed by atoms with Gasteiger partial charge < -0.3 is 25.0 Å². The van der Waals surface area contributed by atoms with Crippen molar-refractivity contribution in [1.29, 1.82) is 0 Å². The third-order valence-corrected chi connectivity index (χ3v) is 5.94. The van der Waals surface area contributed by atoms with Crippen molar-refractivity contribution in [3.8, 4) is 0 Å². The number of amides is 1. The number of morpholine rings is 1. The van der Waals surface area contributed by atoms with Crippen LogP contribution in [0.1, 0.15) is 29.6 Å². The molecule has 3 saturated heterocycles. The van der Waals surface area contributed by atoms with Crippen LogP contribution in [-0.2, 0) is 9.47 Å². The summed E-state index contributed by atoms with van der Waals surface area (Å²) in [5, 5.41) is 6.53. The fraction of sp³-hybridized carbons (Fsp3) is 0.650. The standard InChI is InChI=1S/C20H29N3O3/c24-19(17-3-1-2-4-18(17)23-9-11-25-12-10-23)22-14-16-13-20(15-26-16)5-7-21-8-6-20/h1-4,16,21H,5-15H2,(H,22,24). The second kappa shape index (κ2) is 7.94. The van der Waals surface area contributed by atoms with Crippen molar-refractivity contribution in [2.45, 2.75) is 25.4 Å². The molecular formula is C20H29N3O3. The van der Waals surface area contributed by atoms with Crippen molar-refractivity contribution >= 4 is 11.6 Å². The SMILES string of the molecule is O=C(NCC1CC2(CCNCC2)CO1)c1ccccc1N1CCOCC1. The van der Waals surface area contributed by atoms with Crippen LogP contribution in [0.25, 0.3) is 0 Å². The van der Waals surface area contributed by atoms with E-state index in [1.165, 1.54) is 12.8 Å². The number of carbonyl (C=O) groups is 1. The molecule has 6 heteroatoms. The molecule has 0 aliphatic carbocycles. The lowest BCUT2D eigenvalue weighted by Gasteiger charge is -2.32. The molecular weight excluding hydrogens is 330 g/mol. The van der Waals surface area contributed by atoms with E-state index in [1.54, 1.807) is 0 Å². The predicted octanol–water partition coefficient (Wildman–Crippen LogP) is 1.41. The Morgan fingerprint density at radius 1 is 1.23 bits per heavy atom. The highest BCUT2D eigenvalue weighted by atomic mass is 16.5. The Bertz CT molecular complexity index is 624. The number of carbonyl (C=O) groups excluding carboxylic acids is 1. The smallest absolute Gasteiger partial charge is 0.253 e. The molecule has 3 heterocycles. The normalized spacial score (nSPS) is 25.4. The van der Waals surface area contributed by atoms with Gasteiger partial charge in [-0.3, -0.25) is 4.79 Å². The Morgan fingerprint density at radius 3 is 2.81 bits per heavy atom. The number of rotatable bonds is 4. The van der Waals surface area contributed by atoms with E-state index in [1.807, 2.05) is 24.3 Å². The van der Waals surface area contributed by atoms with Gasteiger partial charge in [0.2, 0.25) is 0 Å². The van der Waals surface area contributed by atoms with Gasteiger partial charge in [-0.05, 0) is 49.9 Å². The minimum absolute atomic E-state index is 0.0121. The lowest BCUT2D eigenvalue weighted by atomic mass is 9.77. The number of hydrogen-bond acceptors (Lipinski definition) is 5. The number of piperidine rings is 1. The van der Waals surface area contributed by atoms with Crippen molar-refractivity contribution in [3.05, 3.63) is 29.8 Å². The van der Waals surface area contributed by atoms with Gasteiger partial charge in [0.05, 0.1) is 31.5 Å². The predicted molar refractivity (Wildman–Crippen MR) is 101 cm³/mol. The molecule has 1 unspecified atom stereocenters. The monoisotopic (exact) mass is 359 g/mol. The minimum atomic E-state index is -0.0121. The summed E-state index contributed by atoms with van der Waals surface area (Å²) in [4.78, 5) is 15.0. The van der Waals surface area contributed by atoms with E-state index >= 15 is 0 Å². The quantitative estimate of drug-likeness (QED) is 0.851. The Hall–Kier alpha value is -1.63. The number of para-hydroxylation sites is 1. The van der Waals surface area contributed by atoms with Crippen LogP contribution < -0.4 is 15.5 Å². The summed E-state index contributed by atoms with van der Waals surface area (Å²) in [5.41, 5.74) is 2.06. The Morgan fingerprint density at radius 2 is 2.00 bits per heavy atom. The van der Waals surface area contributed by atoms with Crippen LogP contribution in [0.2, 0.25) is 0 Å². The van der Waals surface area contributed by atoms with Gasteiger partial charge in [-0.25, -0.2) is 0 Å². The largest absolute Gasteiger partial charge is 0.378 e. The minimum Gasteiger partial charge on any atom is -0.378 e. The molecule has 1 atom stereocenters. The average Bonchev–Trinajstić information content (AvgIpc) is 3.09. The van der Waals surface area contributed by atoms with Crippen LogP contribution in [0.5, 0.6) is 0 Å². The molecule has 0 radical (unpaired) electrons. The Labute approximate surface area is 155 Å². The van der Waals surface area contributed by atoms with Crippen LogP contribution in [0.15, 0.2) is 24.3 Å². The van der Waals surface area contributed by atoms with Crippen LogP contribution >= 0.6 is 0 Å². The van der Waals surface area contributed by atoms with Gasteiger partial charge in [0.25, 0.3) is 5.91 Å². The number of anilines is 1. The fourth-order valence-electron chi connectivity index (χ4n) is 4.38. The molecule has 0 bridgehead atoms. The van der Waals surface area contributed by atoms with E-state index in [0.717, 1.165) is 50.5 Å². The molecule has 142 valence electrons. The highest BCUT2D eigenvalue weighted by molar-refractivity contribution is 5.99. The molecule has 0 saturated carbocycles. The van der Waals surface area contributed by atoms with E-state index < -0.39 is 0 Å². The van der Waals surface area contributed by atoms with Gasteiger partial charge in [0.15, 0.2) is 0 Å². The molecule has 6 nitrogen and oxygen atoms in total. The van der Waals surface area contributed by atoms with E-state index in [9.17, 15) is 4.79 Å². The molecule has 0 aromatic heterocycles. The number of nitrogens with one attached hydrogen (secondary N) is 2. The van der Waals surface area contributed by atoms with Crippen LogP contribution in [0, 0.1) is 5.41 Å². The van der Waals surface area contributed by atoms with E-state index in [2.05, 4.69) is 15.5 Å². The summed E-state index contributed by atoms with van der Waals surface area (Å²) >= 11 is 0. The average molecular weight is 359 g/mol. The van der Waals surface area contributed by atoms with E-state index in [0.29, 0.717) is 25.2 Å². The fourth-order valence-corrected chi connectivity index (χ4v) is 4.38. The summed E-state index contributed by atoms with van der Waals surface area (Å²) in [6.07, 6.45) is 3.54. The Balaban J connectivity index is 1.35. The zero-order valence-electron chi connectivity index (χ0n) is 15.3. The summed E-state index contributed by atoms with van der Waals surface area (Å²) in [6.45, 7) is 6.65. The summed E-state index contributed by atoms with van der Waals surface area (Å²) in [5.74, 6) is -0.0121. The summed E-state index contributed by atoms with van der Waals surface area (Å²) in [7, 11) is 0. The first-order valence-corrected chi connectivity index (χ1v) is 9.78. The number of nitrogens with zero attached hydrogens (tertiary/aromatic N) is 1. The third kappa shape index (κ3) is 3.87. The molecule has 2 N–H and O–H groups in total. The maximum Gasteiger partial charge on any atom is 0.253 e. The zero-order valence-corrected chi connectivity index (χ0v) is 15.3. The van der Waals surface area contributed by atoms with Gasteiger partial charge >= 0.3 is 0 Å². The van der Waals surface area contributed by atoms with Gasteiger partial charge in [0.1, 0.15) is 0 Å². The molecule has 1 aromatic carbocycles. The van der Waals surface area contributed by atoms with Gasteiger partial charge in [0, 0.05) is 25.3 Å². The van der Waals surface area contributed by atoms with Crippen LogP contribution in [0.4, 0.5) is 5.69 Å². The van der Waals surface area contributed by atoms with Crippen molar-refractivity contribution in [2.75, 3.05) is 57.4 Å². The first-order valence-electron chi connectivity index (χ1n) is 9.78. The lowest BCUT2D eigenvalue weighted by molar-refractivity contribution is 0.0781. The molecule has 3 fully saturated rings. The van der Waals surface area contributed by atoms with Gasteiger partial charge in [-0.1, -0.05) is 12.1 Å². The second-order valence-electron chi connectivity index (χ2n) is 7.71. The zero-order chi connectivity index (χ0) is 17.8. The highest BCUT2D eigenvalue weighted by Crippen LogP contribution is 2.40. The van der Waals surface area contributed by atoms with Gasteiger partial charge in [-0.2, -0.15) is 0 Å².